The molecule has 2 aromatic carbocycles. The van der Waals surface area contributed by atoms with Gasteiger partial charge in [-0.3, -0.25) is 14.2 Å². The second kappa shape index (κ2) is 10.5. The molecule has 2 aromatic heterocycles. The van der Waals surface area contributed by atoms with Crippen molar-refractivity contribution in [1.82, 2.24) is 24.0 Å². The van der Waals surface area contributed by atoms with E-state index >= 15 is 0 Å². The molecule has 0 spiro atoms. The smallest absolute Gasteiger partial charge is 0.333 e. The fraction of sp³-hybridized carbons (Fsp3) is 0.308. The summed E-state index contributed by atoms with van der Waals surface area (Å²) in [6, 6.07) is 17.0. The van der Waals surface area contributed by atoms with Crippen LogP contribution in [0.25, 0.3) is 11.2 Å². The van der Waals surface area contributed by atoms with Crippen LogP contribution in [0, 0.1) is 6.92 Å². The quantitative estimate of drug-likeness (QED) is 0.400. The Labute approximate surface area is 202 Å². The molecule has 9 heteroatoms. The van der Waals surface area contributed by atoms with Gasteiger partial charge in [0.05, 0.1) is 25.5 Å². The van der Waals surface area contributed by atoms with Crippen molar-refractivity contribution in [2.24, 2.45) is 0 Å². The first-order chi connectivity index (χ1) is 16.9. The number of benzene rings is 2. The van der Waals surface area contributed by atoms with E-state index in [1.54, 1.807) is 11.7 Å². The summed E-state index contributed by atoms with van der Waals surface area (Å²) in [6.07, 6.45) is 1.52. The molecule has 2 heterocycles. The number of carbonyl (C=O) groups is 1. The fourth-order valence-corrected chi connectivity index (χ4v) is 4.02. The minimum absolute atomic E-state index is 0.221. The van der Waals surface area contributed by atoms with Gasteiger partial charge >= 0.3 is 5.69 Å². The number of ether oxygens (including phenoxy) is 1. The lowest BCUT2D eigenvalue weighted by molar-refractivity contribution is -0.122. The van der Waals surface area contributed by atoms with E-state index in [0.717, 1.165) is 21.3 Å². The molecule has 0 aliphatic heterocycles. The number of carbonyl (C=O) groups excluding carboxylic acids is 1. The minimum Gasteiger partial charge on any atom is -0.383 e. The number of imidazole rings is 1. The molecule has 0 saturated carbocycles. The third kappa shape index (κ3) is 5.25. The highest BCUT2D eigenvalue weighted by atomic mass is 16.5. The van der Waals surface area contributed by atoms with Gasteiger partial charge in [0.25, 0.3) is 5.56 Å². The normalized spacial score (nSPS) is 12.1. The zero-order chi connectivity index (χ0) is 24.9. The number of nitrogens with one attached hydrogen (secondary N) is 1. The summed E-state index contributed by atoms with van der Waals surface area (Å²) in [5, 5.41) is 2.89. The summed E-state index contributed by atoms with van der Waals surface area (Å²) in [4.78, 5) is 44.1. The molecule has 1 atom stereocenters. The Morgan fingerprint density at radius 1 is 1.06 bits per heavy atom. The van der Waals surface area contributed by atoms with Crippen LogP contribution >= 0.6 is 0 Å². The molecule has 1 N–H and O–H groups in total. The Morgan fingerprint density at radius 3 is 2.46 bits per heavy atom. The van der Waals surface area contributed by atoms with Crippen LogP contribution in [0.4, 0.5) is 0 Å². The van der Waals surface area contributed by atoms with Gasteiger partial charge in [0.15, 0.2) is 11.2 Å². The highest BCUT2D eigenvalue weighted by Gasteiger charge is 2.20. The Kier molecular flexibility index (Phi) is 7.26. The molecule has 9 nitrogen and oxygen atoms in total. The maximum Gasteiger partial charge on any atom is 0.333 e. The molecule has 0 aliphatic rings. The Bertz CT molecular complexity index is 1440. The van der Waals surface area contributed by atoms with Crippen molar-refractivity contribution >= 4 is 17.1 Å². The average molecular weight is 476 g/mol. The lowest BCUT2D eigenvalue weighted by Gasteiger charge is -2.16. The van der Waals surface area contributed by atoms with Crippen LogP contribution in [0.15, 0.2) is 70.5 Å². The predicted octanol–water partition coefficient (Wildman–Crippen LogP) is 2.24. The van der Waals surface area contributed by atoms with Gasteiger partial charge in [0.1, 0.15) is 6.54 Å². The number of amides is 1. The number of fused-ring (bicyclic) bond motifs is 1. The molecule has 1 amide bonds. The highest BCUT2D eigenvalue weighted by Crippen LogP contribution is 2.13. The van der Waals surface area contributed by atoms with E-state index in [2.05, 4.69) is 10.3 Å². The number of aromatic nitrogens is 4. The number of aryl methyl sites for hydroxylation is 1. The Morgan fingerprint density at radius 2 is 1.77 bits per heavy atom. The molecular formula is C26H29N5O4. The monoisotopic (exact) mass is 475 g/mol. The van der Waals surface area contributed by atoms with Gasteiger partial charge in [-0.1, -0.05) is 60.2 Å². The fourth-order valence-electron chi connectivity index (χ4n) is 4.02. The largest absolute Gasteiger partial charge is 0.383 e. The van der Waals surface area contributed by atoms with E-state index < -0.39 is 23.7 Å². The van der Waals surface area contributed by atoms with Gasteiger partial charge in [-0.15, -0.1) is 0 Å². The first-order valence-corrected chi connectivity index (χ1v) is 11.5. The van der Waals surface area contributed by atoms with Crippen molar-refractivity contribution in [3.8, 4) is 0 Å². The Hall–Kier alpha value is -3.98. The molecule has 0 bridgehead atoms. The van der Waals surface area contributed by atoms with Gasteiger partial charge in [-0.05, 0) is 25.0 Å². The summed E-state index contributed by atoms with van der Waals surface area (Å²) in [7, 11) is 1.57. The third-order valence-corrected chi connectivity index (χ3v) is 5.96. The van der Waals surface area contributed by atoms with E-state index in [0.29, 0.717) is 13.2 Å². The summed E-state index contributed by atoms with van der Waals surface area (Å²) < 4.78 is 9.23. The second-order valence-electron chi connectivity index (χ2n) is 8.55. The maximum atomic E-state index is 13.4. The third-order valence-electron chi connectivity index (χ3n) is 5.96. The van der Waals surface area contributed by atoms with Crippen LogP contribution in [-0.4, -0.2) is 38.3 Å². The minimum atomic E-state index is -0.582. The van der Waals surface area contributed by atoms with Crippen molar-refractivity contribution in [3.63, 3.8) is 0 Å². The van der Waals surface area contributed by atoms with E-state index in [1.807, 2.05) is 68.4 Å². The second-order valence-corrected chi connectivity index (χ2v) is 8.55. The number of hydrogen-bond acceptors (Lipinski definition) is 5. The summed E-state index contributed by atoms with van der Waals surface area (Å²) in [5.74, 6) is -0.425. The van der Waals surface area contributed by atoms with Gasteiger partial charge in [-0.25, -0.2) is 14.3 Å². The molecular weight excluding hydrogens is 446 g/mol. The van der Waals surface area contributed by atoms with Gasteiger partial charge in [-0.2, -0.15) is 0 Å². The number of rotatable bonds is 9. The van der Waals surface area contributed by atoms with E-state index in [-0.39, 0.29) is 23.8 Å². The zero-order valence-electron chi connectivity index (χ0n) is 20.1. The van der Waals surface area contributed by atoms with Crippen LogP contribution in [0.1, 0.15) is 29.7 Å². The molecule has 4 aromatic rings. The van der Waals surface area contributed by atoms with E-state index in [4.69, 9.17) is 4.74 Å². The topological polar surface area (TPSA) is 100 Å². The molecule has 35 heavy (non-hydrogen) atoms. The van der Waals surface area contributed by atoms with Crippen LogP contribution < -0.4 is 16.6 Å². The summed E-state index contributed by atoms with van der Waals surface area (Å²) in [6.45, 7) is 4.45. The van der Waals surface area contributed by atoms with Gasteiger partial charge in [0, 0.05) is 13.7 Å². The van der Waals surface area contributed by atoms with Crippen molar-refractivity contribution in [2.75, 3.05) is 13.7 Å². The first-order valence-electron chi connectivity index (χ1n) is 11.5. The molecule has 0 fully saturated rings. The van der Waals surface area contributed by atoms with E-state index in [9.17, 15) is 14.4 Å². The lowest BCUT2D eigenvalue weighted by atomic mass is 10.1. The molecule has 1 unspecified atom stereocenters. The van der Waals surface area contributed by atoms with Gasteiger partial charge in [0.2, 0.25) is 5.91 Å². The first kappa shape index (κ1) is 24.2. The SMILES string of the molecule is COCCn1cnc2c1c(=O)n(CC(=O)NC(C)c1ccc(C)cc1)c(=O)n2Cc1ccccc1. The van der Waals surface area contributed by atoms with Crippen molar-refractivity contribution in [3.05, 3.63) is 98.5 Å². The highest BCUT2D eigenvalue weighted by molar-refractivity contribution is 5.77. The lowest BCUT2D eigenvalue weighted by Crippen LogP contribution is -2.44. The van der Waals surface area contributed by atoms with Crippen LogP contribution in [0.3, 0.4) is 0 Å². The van der Waals surface area contributed by atoms with Crippen LogP contribution in [-0.2, 0) is 29.2 Å². The van der Waals surface area contributed by atoms with Gasteiger partial charge < -0.3 is 14.6 Å². The average Bonchev–Trinajstić information content (AvgIpc) is 3.28. The number of hydrogen-bond donors (Lipinski definition) is 1. The molecule has 4 rings (SSSR count). The van der Waals surface area contributed by atoms with Crippen LogP contribution in [0.5, 0.6) is 0 Å². The molecule has 182 valence electrons. The molecule has 0 aliphatic carbocycles. The summed E-state index contributed by atoms with van der Waals surface area (Å²) in [5.41, 5.74) is 2.34. The zero-order valence-corrected chi connectivity index (χ0v) is 20.1. The number of nitrogens with zero attached hydrogens (tertiary/aromatic N) is 4. The standard InChI is InChI=1S/C26H29N5O4/c1-18-9-11-21(12-10-18)19(2)28-22(32)16-31-25(33)23-24(27-17-29(23)13-14-35-3)30(26(31)34)15-20-7-5-4-6-8-20/h4-12,17,19H,13-16H2,1-3H3,(H,28,32). The van der Waals surface area contributed by atoms with Crippen molar-refractivity contribution in [1.29, 1.82) is 0 Å². The van der Waals surface area contributed by atoms with Crippen molar-refractivity contribution in [2.45, 2.75) is 39.5 Å². The van der Waals surface area contributed by atoms with Crippen molar-refractivity contribution < 1.29 is 9.53 Å². The van der Waals surface area contributed by atoms with Crippen LogP contribution in [0.2, 0.25) is 0 Å². The predicted molar refractivity (Wildman–Crippen MR) is 133 cm³/mol. The number of methoxy groups -OCH3 is 1. The summed E-state index contributed by atoms with van der Waals surface area (Å²) >= 11 is 0. The molecule has 0 saturated heterocycles. The van der Waals surface area contributed by atoms with E-state index in [1.165, 1.54) is 10.9 Å². The maximum absolute atomic E-state index is 13.4. The Balaban J connectivity index is 1.71. The molecule has 0 radical (unpaired) electrons.